The van der Waals surface area contributed by atoms with E-state index in [0.717, 1.165) is 0 Å². The van der Waals surface area contributed by atoms with Crippen LogP contribution in [0.4, 0.5) is 9.59 Å². The molecule has 64 valence electrons. The van der Waals surface area contributed by atoms with Crippen molar-refractivity contribution >= 4 is 12.1 Å². The fourth-order valence-electron chi connectivity index (χ4n) is 0.327. The number of amides is 3. The van der Waals surface area contributed by atoms with E-state index in [0.29, 0.717) is 0 Å². The maximum Gasteiger partial charge on any atom is 0.406 e. The topological polar surface area (TPSA) is 84.7 Å². The monoisotopic (exact) mass is 161 g/mol. The summed E-state index contributed by atoms with van der Waals surface area (Å²) < 4.78 is 4.24. The zero-order valence-electron chi connectivity index (χ0n) is 6.46. The van der Waals surface area contributed by atoms with Crippen molar-refractivity contribution in [2.75, 3.05) is 20.8 Å². The molecule has 0 rings (SSSR count). The molecule has 0 spiro atoms. The van der Waals surface area contributed by atoms with E-state index in [9.17, 15) is 9.59 Å². The second-order valence-electron chi connectivity index (χ2n) is 1.98. The lowest BCUT2D eigenvalue weighted by atomic mass is 10.8. The molecule has 0 aromatic carbocycles. The molecule has 0 fully saturated rings. The second-order valence-corrected chi connectivity index (χ2v) is 1.98. The highest BCUT2D eigenvalue weighted by molar-refractivity contribution is 5.73. The van der Waals surface area contributed by atoms with Crippen molar-refractivity contribution in [1.82, 2.24) is 10.2 Å². The van der Waals surface area contributed by atoms with Gasteiger partial charge in [-0.3, -0.25) is 0 Å². The molecule has 0 aliphatic carbocycles. The van der Waals surface area contributed by atoms with Crippen molar-refractivity contribution in [3.8, 4) is 0 Å². The van der Waals surface area contributed by atoms with Crippen LogP contribution in [0.15, 0.2) is 0 Å². The van der Waals surface area contributed by atoms with Gasteiger partial charge >= 0.3 is 12.1 Å². The molecule has 6 heteroatoms. The maximum absolute atomic E-state index is 10.7. The fraction of sp³-hybridized carbons (Fsp3) is 0.600. The third kappa shape index (κ3) is 5.01. The number of hydrogen-bond donors (Lipinski definition) is 2. The van der Waals surface area contributed by atoms with Gasteiger partial charge in [0.25, 0.3) is 0 Å². The lowest BCUT2D eigenvalue weighted by Gasteiger charge is -2.10. The average molecular weight is 161 g/mol. The smallest absolute Gasteiger partial charge is 0.406 e. The van der Waals surface area contributed by atoms with Gasteiger partial charge in [0, 0.05) is 14.1 Å². The molecule has 0 aromatic rings. The van der Waals surface area contributed by atoms with Crippen molar-refractivity contribution in [1.29, 1.82) is 0 Å². The fourth-order valence-corrected chi connectivity index (χ4v) is 0.327. The van der Waals surface area contributed by atoms with Crippen LogP contribution >= 0.6 is 0 Å². The number of nitrogens with one attached hydrogen (secondary N) is 1. The van der Waals surface area contributed by atoms with E-state index in [2.05, 4.69) is 15.8 Å². The first-order valence-corrected chi connectivity index (χ1v) is 2.91. The van der Waals surface area contributed by atoms with Crippen LogP contribution in [0.25, 0.3) is 0 Å². The van der Waals surface area contributed by atoms with Crippen molar-refractivity contribution in [2.24, 2.45) is 5.73 Å². The summed E-state index contributed by atoms with van der Waals surface area (Å²) in [4.78, 5) is 22.0. The minimum Gasteiger partial charge on any atom is -0.428 e. The van der Waals surface area contributed by atoms with Crippen molar-refractivity contribution in [2.45, 2.75) is 0 Å². The summed E-state index contributed by atoms with van der Waals surface area (Å²) in [6.45, 7) is -0.202. The highest BCUT2D eigenvalue weighted by atomic mass is 16.6. The first-order valence-electron chi connectivity index (χ1n) is 2.91. The molecule has 0 saturated heterocycles. The zero-order valence-corrected chi connectivity index (χ0v) is 6.46. The molecular weight excluding hydrogens is 150 g/mol. The SMILES string of the molecule is CN(C)C(=O)NCOC(N)=O. The molecule has 0 unspecified atom stereocenters. The summed E-state index contributed by atoms with van der Waals surface area (Å²) in [6.07, 6.45) is -0.913. The van der Waals surface area contributed by atoms with Gasteiger partial charge in [-0.05, 0) is 0 Å². The number of urea groups is 1. The van der Waals surface area contributed by atoms with E-state index in [1.807, 2.05) is 0 Å². The molecule has 0 saturated carbocycles. The first kappa shape index (κ1) is 9.54. The van der Waals surface area contributed by atoms with Gasteiger partial charge < -0.3 is 20.7 Å². The predicted molar refractivity (Wildman–Crippen MR) is 37.8 cm³/mol. The quantitative estimate of drug-likeness (QED) is 0.526. The van der Waals surface area contributed by atoms with Crippen LogP contribution in [0.1, 0.15) is 0 Å². The Hall–Kier alpha value is -1.46. The highest BCUT2D eigenvalue weighted by Gasteiger charge is 2.01. The highest BCUT2D eigenvalue weighted by Crippen LogP contribution is 1.76. The largest absolute Gasteiger partial charge is 0.428 e. The number of ether oxygens (including phenoxy) is 1. The number of nitrogens with zero attached hydrogens (tertiary/aromatic N) is 1. The van der Waals surface area contributed by atoms with Crippen LogP contribution in [0.2, 0.25) is 0 Å². The predicted octanol–water partition coefficient (Wildman–Crippen LogP) is -0.690. The Morgan fingerprint density at radius 2 is 2.09 bits per heavy atom. The van der Waals surface area contributed by atoms with Gasteiger partial charge in [0.15, 0.2) is 6.73 Å². The molecule has 3 amide bonds. The summed E-state index contributed by atoms with van der Waals surface area (Å²) in [7, 11) is 3.14. The van der Waals surface area contributed by atoms with Gasteiger partial charge in [-0.15, -0.1) is 0 Å². The summed E-state index contributed by atoms with van der Waals surface area (Å²) in [5.41, 5.74) is 4.63. The number of primary amides is 1. The normalized spacial score (nSPS) is 8.55. The first-order chi connectivity index (χ1) is 5.04. The van der Waals surface area contributed by atoms with E-state index in [1.54, 1.807) is 14.1 Å². The van der Waals surface area contributed by atoms with Crippen LogP contribution in [-0.4, -0.2) is 37.9 Å². The molecule has 0 heterocycles. The van der Waals surface area contributed by atoms with Crippen LogP contribution in [0.3, 0.4) is 0 Å². The Morgan fingerprint density at radius 3 is 2.45 bits per heavy atom. The zero-order chi connectivity index (χ0) is 8.85. The molecule has 0 radical (unpaired) electrons. The van der Waals surface area contributed by atoms with Gasteiger partial charge in [0.05, 0.1) is 0 Å². The standard InChI is InChI=1S/C5H11N3O3/c1-8(2)5(10)7-3-11-4(6)9/h3H2,1-2H3,(H2,6,9)(H,7,10). The molecule has 0 bridgehead atoms. The lowest BCUT2D eigenvalue weighted by molar-refractivity contribution is 0.144. The van der Waals surface area contributed by atoms with Crippen LogP contribution < -0.4 is 11.1 Å². The Morgan fingerprint density at radius 1 is 1.55 bits per heavy atom. The van der Waals surface area contributed by atoms with Crippen LogP contribution in [0.5, 0.6) is 0 Å². The summed E-state index contributed by atoms with van der Waals surface area (Å²) in [6, 6.07) is -0.341. The molecule has 0 aromatic heterocycles. The number of nitrogens with two attached hydrogens (primary N) is 1. The average Bonchev–Trinajstić information content (AvgIpc) is 1.86. The summed E-state index contributed by atoms with van der Waals surface area (Å²) in [5.74, 6) is 0. The van der Waals surface area contributed by atoms with Gasteiger partial charge in [0.2, 0.25) is 0 Å². The minimum atomic E-state index is -0.913. The molecule has 0 aliphatic heterocycles. The van der Waals surface area contributed by atoms with Gasteiger partial charge in [-0.1, -0.05) is 0 Å². The number of carbonyl (C=O) groups is 2. The Labute approximate surface area is 64.3 Å². The van der Waals surface area contributed by atoms with E-state index in [4.69, 9.17) is 0 Å². The molecule has 6 nitrogen and oxygen atoms in total. The van der Waals surface area contributed by atoms with E-state index >= 15 is 0 Å². The van der Waals surface area contributed by atoms with E-state index in [1.165, 1.54) is 4.90 Å². The third-order valence-corrected chi connectivity index (χ3v) is 0.844. The van der Waals surface area contributed by atoms with Crippen molar-refractivity contribution in [3.05, 3.63) is 0 Å². The van der Waals surface area contributed by atoms with Crippen molar-refractivity contribution < 1.29 is 14.3 Å². The number of rotatable bonds is 2. The molecule has 11 heavy (non-hydrogen) atoms. The summed E-state index contributed by atoms with van der Waals surface area (Å²) in [5, 5.41) is 2.28. The van der Waals surface area contributed by atoms with Gasteiger partial charge in [0.1, 0.15) is 0 Å². The van der Waals surface area contributed by atoms with Crippen molar-refractivity contribution in [3.63, 3.8) is 0 Å². The van der Waals surface area contributed by atoms with Gasteiger partial charge in [-0.25, -0.2) is 9.59 Å². The van der Waals surface area contributed by atoms with E-state index in [-0.39, 0.29) is 12.8 Å². The third-order valence-electron chi connectivity index (χ3n) is 0.844. The lowest BCUT2D eigenvalue weighted by Crippen LogP contribution is -2.37. The maximum atomic E-state index is 10.7. The Balaban J connectivity index is 3.39. The summed E-state index contributed by atoms with van der Waals surface area (Å²) >= 11 is 0. The number of carbonyl (C=O) groups excluding carboxylic acids is 2. The number of hydrogen-bond acceptors (Lipinski definition) is 3. The minimum absolute atomic E-state index is 0.202. The van der Waals surface area contributed by atoms with Gasteiger partial charge in [-0.2, -0.15) is 0 Å². The molecular formula is C5H11N3O3. The molecule has 0 aliphatic rings. The van der Waals surface area contributed by atoms with E-state index < -0.39 is 6.09 Å². The molecule has 0 atom stereocenters. The molecule has 3 N–H and O–H groups in total. The van der Waals surface area contributed by atoms with Crippen LogP contribution in [-0.2, 0) is 4.74 Å². The second kappa shape index (κ2) is 4.37. The van der Waals surface area contributed by atoms with Crippen LogP contribution in [0, 0.1) is 0 Å². The Bertz CT molecular complexity index is 157. The Kier molecular flexibility index (Phi) is 3.79.